The van der Waals surface area contributed by atoms with Gasteiger partial charge in [-0.25, -0.2) is 4.68 Å². The van der Waals surface area contributed by atoms with E-state index in [1.165, 1.54) is 30.4 Å². The molecule has 1 saturated carbocycles. The van der Waals surface area contributed by atoms with Crippen LogP contribution in [0.2, 0.25) is 0 Å². The number of aromatic nitrogens is 2. The summed E-state index contributed by atoms with van der Waals surface area (Å²) in [6, 6.07) is 0.452. The molecule has 19 heavy (non-hydrogen) atoms. The first-order valence-electron chi connectivity index (χ1n) is 7.15. The van der Waals surface area contributed by atoms with Crippen molar-refractivity contribution in [1.29, 1.82) is 0 Å². The summed E-state index contributed by atoms with van der Waals surface area (Å²) < 4.78 is 2.12. The number of rotatable bonds is 4. The van der Waals surface area contributed by atoms with Crippen LogP contribution in [-0.2, 0) is 6.54 Å². The molecule has 1 fully saturated rings. The Labute approximate surface area is 122 Å². The Balaban J connectivity index is 2.16. The van der Waals surface area contributed by atoms with Gasteiger partial charge in [0.1, 0.15) is 4.47 Å². The number of nitrogens with zero attached hydrogens (tertiary/aromatic N) is 2. The Morgan fingerprint density at radius 3 is 2.89 bits per heavy atom. The number of aryl methyl sites for hydroxylation is 1. The third-order valence-electron chi connectivity index (χ3n) is 3.87. The zero-order valence-corrected chi connectivity index (χ0v) is 13.2. The zero-order chi connectivity index (χ0) is 13.8. The lowest BCUT2D eigenvalue weighted by atomic mass is 9.86. The van der Waals surface area contributed by atoms with Gasteiger partial charge >= 0.3 is 0 Å². The molecule has 0 saturated heterocycles. The fourth-order valence-electron chi connectivity index (χ4n) is 2.67. The van der Waals surface area contributed by atoms with Crippen molar-refractivity contribution in [1.82, 2.24) is 9.78 Å². The van der Waals surface area contributed by atoms with Gasteiger partial charge in [-0.3, -0.25) is 4.79 Å². The third kappa shape index (κ3) is 3.38. The molecule has 1 aliphatic rings. The molecule has 1 aromatic rings. The van der Waals surface area contributed by atoms with Crippen molar-refractivity contribution in [3.05, 3.63) is 21.0 Å². The second-order valence-corrected chi connectivity index (χ2v) is 6.21. The Morgan fingerprint density at radius 1 is 1.47 bits per heavy atom. The summed E-state index contributed by atoms with van der Waals surface area (Å²) in [7, 11) is 0. The van der Waals surface area contributed by atoms with E-state index in [1.54, 1.807) is 6.20 Å². The van der Waals surface area contributed by atoms with Crippen LogP contribution in [0.15, 0.2) is 15.5 Å². The van der Waals surface area contributed by atoms with Crippen molar-refractivity contribution in [3.63, 3.8) is 0 Å². The topological polar surface area (TPSA) is 46.9 Å². The number of hydrogen-bond acceptors (Lipinski definition) is 3. The molecule has 1 heterocycles. The molecule has 0 aliphatic heterocycles. The molecule has 0 spiro atoms. The molecule has 106 valence electrons. The number of anilines is 1. The lowest BCUT2D eigenvalue weighted by Crippen LogP contribution is -2.32. The average molecular weight is 328 g/mol. The van der Waals surface area contributed by atoms with Gasteiger partial charge in [-0.2, -0.15) is 5.10 Å². The maximum Gasteiger partial charge on any atom is 0.283 e. The van der Waals surface area contributed by atoms with Gasteiger partial charge in [-0.05, 0) is 41.1 Å². The minimum atomic E-state index is -0.0460. The maximum atomic E-state index is 12.1. The lowest BCUT2D eigenvalue weighted by Gasteiger charge is -2.30. The van der Waals surface area contributed by atoms with E-state index < -0.39 is 0 Å². The fourth-order valence-corrected chi connectivity index (χ4v) is 3.09. The standard InChI is InChI=1S/C14H22BrN3O/c1-3-8-18-14(19)13(15)12(9-16-18)17-11-7-5-4-6-10(11)2/h9-11,17H,3-8H2,1-2H3. The van der Waals surface area contributed by atoms with Crippen LogP contribution in [0.25, 0.3) is 0 Å². The molecule has 1 N–H and O–H groups in total. The van der Waals surface area contributed by atoms with Crippen LogP contribution in [0.1, 0.15) is 46.0 Å². The zero-order valence-electron chi connectivity index (χ0n) is 11.7. The smallest absolute Gasteiger partial charge is 0.283 e. The second kappa shape index (κ2) is 6.55. The molecule has 0 amide bonds. The summed E-state index contributed by atoms with van der Waals surface area (Å²) in [5.41, 5.74) is 0.784. The molecule has 0 bridgehead atoms. The van der Waals surface area contributed by atoms with Gasteiger partial charge < -0.3 is 5.32 Å². The van der Waals surface area contributed by atoms with Crippen molar-refractivity contribution >= 4 is 21.6 Å². The van der Waals surface area contributed by atoms with Gasteiger partial charge in [0.2, 0.25) is 0 Å². The summed E-state index contributed by atoms with van der Waals surface area (Å²) >= 11 is 3.41. The molecule has 2 rings (SSSR count). The Bertz CT molecular complexity index is 486. The molecular weight excluding hydrogens is 306 g/mol. The van der Waals surface area contributed by atoms with Crippen molar-refractivity contribution in [2.75, 3.05) is 5.32 Å². The number of nitrogens with one attached hydrogen (secondary N) is 1. The predicted octanol–water partition coefficient (Wildman–Crippen LogP) is 3.41. The molecule has 2 unspecified atom stereocenters. The molecular formula is C14H22BrN3O. The SMILES string of the molecule is CCCn1ncc(NC2CCCCC2C)c(Br)c1=O. The van der Waals surface area contributed by atoms with Crippen LogP contribution in [0.5, 0.6) is 0 Å². The molecule has 0 aromatic carbocycles. The van der Waals surface area contributed by atoms with Crippen molar-refractivity contribution < 1.29 is 0 Å². The first-order valence-corrected chi connectivity index (χ1v) is 7.95. The van der Waals surface area contributed by atoms with Gasteiger partial charge in [-0.15, -0.1) is 0 Å². The number of hydrogen-bond donors (Lipinski definition) is 1. The highest BCUT2D eigenvalue weighted by atomic mass is 79.9. The predicted molar refractivity (Wildman–Crippen MR) is 81.5 cm³/mol. The van der Waals surface area contributed by atoms with Gasteiger partial charge in [0.15, 0.2) is 0 Å². The van der Waals surface area contributed by atoms with E-state index in [0.29, 0.717) is 23.0 Å². The lowest BCUT2D eigenvalue weighted by molar-refractivity contribution is 0.349. The van der Waals surface area contributed by atoms with E-state index in [9.17, 15) is 4.79 Å². The van der Waals surface area contributed by atoms with Crippen LogP contribution in [0, 0.1) is 5.92 Å². The largest absolute Gasteiger partial charge is 0.380 e. The van der Waals surface area contributed by atoms with Crippen LogP contribution in [0.3, 0.4) is 0 Å². The summed E-state index contributed by atoms with van der Waals surface area (Å²) in [5, 5.41) is 7.72. The first-order chi connectivity index (χ1) is 9.13. The first kappa shape index (κ1) is 14.6. The molecule has 1 aliphatic carbocycles. The van der Waals surface area contributed by atoms with E-state index in [2.05, 4.69) is 33.3 Å². The van der Waals surface area contributed by atoms with Crippen molar-refractivity contribution in [2.45, 2.75) is 58.5 Å². The van der Waals surface area contributed by atoms with Gasteiger partial charge in [0.25, 0.3) is 5.56 Å². The third-order valence-corrected chi connectivity index (χ3v) is 4.64. The molecule has 5 heteroatoms. The van der Waals surface area contributed by atoms with Crippen LogP contribution >= 0.6 is 15.9 Å². The van der Waals surface area contributed by atoms with E-state index in [1.807, 2.05) is 6.92 Å². The highest BCUT2D eigenvalue weighted by Gasteiger charge is 2.22. The van der Waals surface area contributed by atoms with Gasteiger partial charge in [0.05, 0.1) is 11.9 Å². The molecule has 4 nitrogen and oxygen atoms in total. The Hall–Kier alpha value is -0.840. The van der Waals surface area contributed by atoms with Crippen LogP contribution in [-0.4, -0.2) is 15.8 Å². The number of halogens is 1. The van der Waals surface area contributed by atoms with E-state index in [4.69, 9.17) is 0 Å². The highest BCUT2D eigenvalue weighted by Crippen LogP contribution is 2.28. The fraction of sp³-hybridized carbons (Fsp3) is 0.714. The normalized spacial score (nSPS) is 23.3. The monoisotopic (exact) mass is 327 g/mol. The molecule has 1 aromatic heterocycles. The summed E-state index contributed by atoms with van der Waals surface area (Å²) in [4.78, 5) is 12.1. The minimum Gasteiger partial charge on any atom is -0.380 e. The van der Waals surface area contributed by atoms with Crippen molar-refractivity contribution in [3.8, 4) is 0 Å². The van der Waals surface area contributed by atoms with E-state index >= 15 is 0 Å². The van der Waals surface area contributed by atoms with Gasteiger partial charge in [0, 0.05) is 12.6 Å². The van der Waals surface area contributed by atoms with Crippen molar-refractivity contribution in [2.24, 2.45) is 5.92 Å². The highest BCUT2D eigenvalue weighted by molar-refractivity contribution is 9.10. The van der Waals surface area contributed by atoms with E-state index in [-0.39, 0.29) is 5.56 Å². The second-order valence-electron chi connectivity index (χ2n) is 5.41. The summed E-state index contributed by atoms with van der Waals surface area (Å²) in [6.45, 7) is 4.98. The average Bonchev–Trinajstić information content (AvgIpc) is 2.41. The summed E-state index contributed by atoms with van der Waals surface area (Å²) in [5.74, 6) is 0.652. The summed E-state index contributed by atoms with van der Waals surface area (Å²) in [6.07, 6.45) is 7.69. The van der Waals surface area contributed by atoms with Crippen LogP contribution < -0.4 is 10.9 Å². The molecule has 2 atom stereocenters. The minimum absolute atomic E-state index is 0.0460. The Kier molecular flexibility index (Phi) is 5.02. The van der Waals surface area contributed by atoms with Crippen LogP contribution in [0.4, 0.5) is 5.69 Å². The molecule has 0 radical (unpaired) electrons. The Morgan fingerprint density at radius 2 is 2.21 bits per heavy atom. The van der Waals surface area contributed by atoms with Gasteiger partial charge in [-0.1, -0.05) is 26.7 Å². The van der Waals surface area contributed by atoms with E-state index in [0.717, 1.165) is 12.1 Å². The maximum absolute atomic E-state index is 12.1. The quantitative estimate of drug-likeness (QED) is 0.921.